The molecule has 3 atom stereocenters. The fraction of sp³-hybridized carbons (Fsp3) is 0.318. The van der Waals surface area contributed by atoms with Gasteiger partial charge in [0.15, 0.2) is 0 Å². The molecular formula is C22H21F3N4O3. The van der Waals surface area contributed by atoms with Gasteiger partial charge in [0.1, 0.15) is 5.54 Å². The molecule has 4 rings (SSSR count). The third-order valence-electron chi connectivity index (χ3n) is 5.75. The van der Waals surface area contributed by atoms with Crippen molar-refractivity contribution < 1.29 is 27.6 Å². The Morgan fingerprint density at radius 3 is 2.59 bits per heavy atom. The Morgan fingerprint density at radius 2 is 1.91 bits per heavy atom. The maximum atomic E-state index is 12.9. The van der Waals surface area contributed by atoms with Gasteiger partial charge >= 0.3 is 18.2 Å². The first-order valence-corrected chi connectivity index (χ1v) is 10.0. The van der Waals surface area contributed by atoms with Crippen LogP contribution >= 0.6 is 0 Å². The lowest BCUT2D eigenvalue weighted by molar-refractivity contribution is -0.137. The van der Waals surface area contributed by atoms with Gasteiger partial charge in [0, 0.05) is 18.5 Å². The van der Waals surface area contributed by atoms with Crippen LogP contribution in [0.2, 0.25) is 0 Å². The summed E-state index contributed by atoms with van der Waals surface area (Å²) in [6, 6.07) is 10.8. The van der Waals surface area contributed by atoms with Gasteiger partial charge in [-0.1, -0.05) is 42.5 Å². The predicted molar refractivity (Wildman–Crippen MR) is 108 cm³/mol. The molecule has 7 nitrogen and oxygen atoms in total. The van der Waals surface area contributed by atoms with Gasteiger partial charge in [0.05, 0.1) is 5.56 Å². The van der Waals surface area contributed by atoms with E-state index in [9.17, 15) is 27.6 Å². The molecule has 1 aliphatic carbocycles. The molecular weight excluding hydrogens is 425 g/mol. The van der Waals surface area contributed by atoms with Crippen molar-refractivity contribution in [3.05, 3.63) is 70.8 Å². The molecule has 0 aromatic heterocycles. The Kier molecular flexibility index (Phi) is 5.31. The topological polar surface area (TPSA) is 99.3 Å². The number of nitrogens with one attached hydrogen (secondary N) is 4. The maximum absolute atomic E-state index is 12.9. The molecule has 0 spiro atoms. The highest BCUT2D eigenvalue weighted by Crippen LogP contribution is 2.42. The summed E-state index contributed by atoms with van der Waals surface area (Å²) in [6.07, 6.45) is -3.84. The van der Waals surface area contributed by atoms with Crippen molar-refractivity contribution in [2.45, 2.75) is 43.6 Å². The van der Waals surface area contributed by atoms with Gasteiger partial charge in [0.2, 0.25) is 0 Å². The maximum Gasteiger partial charge on any atom is 0.416 e. The van der Waals surface area contributed by atoms with E-state index >= 15 is 0 Å². The number of carbonyl (C=O) groups excluding carboxylic acids is 3. The molecule has 1 aliphatic heterocycles. The molecule has 4 N–H and O–H groups in total. The second-order valence-electron chi connectivity index (χ2n) is 8.13. The highest BCUT2D eigenvalue weighted by molar-refractivity contribution is 6.07. The van der Waals surface area contributed by atoms with Gasteiger partial charge < -0.3 is 16.0 Å². The van der Waals surface area contributed by atoms with E-state index in [2.05, 4.69) is 21.3 Å². The third-order valence-corrected chi connectivity index (χ3v) is 5.75. The SMILES string of the molecule is CC1(c2cccc(CNC(=O)N[C@@H]3C[C@H]3c3cccc(C(F)(F)F)c3)c2)NC(=O)NC1=O. The third kappa shape index (κ3) is 4.39. The summed E-state index contributed by atoms with van der Waals surface area (Å²) in [5, 5.41) is 10.3. The van der Waals surface area contributed by atoms with Gasteiger partial charge in [-0.3, -0.25) is 10.1 Å². The van der Waals surface area contributed by atoms with Crippen molar-refractivity contribution in [3.8, 4) is 0 Å². The van der Waals surface area contributed by atoms with Crippen molar-refractivity contribution in [1.29, 1.82) is 0 Å². The highest BCUT2D eigenvalue weighted by atomic mass is 19.4. The van der Waals surface area contributed by atoms with Crippen LogP contribution in [-0.2, 0) is 23.1 Å². The molecule has 2 aromatic carbocycles. The fourth-order valence-corrected chi connectivity index (χ4v) is 3.81. The summed E-state index contributed by atoms with van der Waals surface area (Å²) in [6.45, 7) is 1.76. The van der Waals surface area contributed by atoms with Crippen molar-refractivity contribution in [1.82, 2.24) is 21.3 Å². The van der Waals surface area contributed by atoms with E-state index in [-0.39, 0.29) is 18.5 Å². The molecule has 0 radical (unpaired) electrons. The number of imide groups is 1. The van der Waals surface area contributed by atoms with Crippen LogP contribution in [0.25, 0.3) is 0 Å². The van der Waals surface area contributed by atoms with Gasteiger partial charge in [-0.05, 0) is 36.1 Å². The molecule has 2 aliphatic rings. The predicted octanol–water partition coefficient (Wildman–Crippen LogP) is 3.12. The Hall–Kier alpha value is -3.56. The number of benzene rings is 2. The number of alkyl halides is 3. The summed E-state index contributed by atoms with van der Waals surface area (Å²) in [7, 11) is 0. The minimum absolute atomic E-state index is 0.157. The van der Waals surface area contributed by atoms with Gasteiger partial charge in [-0.15, -0.1) is 0 Å². The molecule has 1 saturated carbocycles. The number of amides is 5. The molecule has 2 aromatic rings. The van der Waals surface area contributed by atoms with Crippen LogP contribution in [-0.4, -0.2) is 24.0 Å². The Labute approximate surface area is 181 Å². The summed E-state index contributed by atoms with van der Waals surface area (Å²) in [5.41, 5.74) is -0.0548. The lowest BCUT2D eigenvalue weighted by atomic mass is 9.91. The van der Waals surface area contributed by atoms with E-state index in [1.165, 1.54) is 6.07 Å². The summed E-state index contributed by atoms with van der Waals surface area (Å²) in [4.78, 5) is 35.8. The summed E-state index contributed by atoms with van der Waals surface area (Å²) < 4.78 is 38.7. The zero-order valence-corrected chi connectivity index (χ0v) is 17.0. The molecule has 32 heavy (non-hydrogen) atoms. The standard InChI is InChI=1S/C22H21F3N4O3/c1-21(18(30)28-20(32)29-21)14-6-2-4-12(8-14)11-26-19(31)27-17-10-16(17)13-5-3-7-15(9-13)22(23,24)25/h2-9,16-17H,10-11H2,1H3,(H2,26,27,31)(H2,28,29,30,32)/t16-,17+,21?/m0/s1. The number of urea groups is 2. The Bertz CT molecular complexity index is 1090. The minimum atomic E-state index is -4.40. The van der Waals surface area contributed by atoms with Crippen LogP contribution in [0.15, 0.2) is 48.5 Å². The Morgan fingerprint density at radius 1 is 1.16 bits per heavy atom. The van der Waals surface area contributed by atoms with Crippen molar-refractivity contribution in [2.24, 2.45) is 0 Å². The second kappa shape index (κ2) is 7.85. The molecule has 1 unspecified atom stereocenters. The molecule has 10 heteroatoms. The zero-order chi connectivity index (χ0) is 23.1. The minimum Gasteiger partial charge on any atom is -0.335 e. The molecule has 2 fully saturated rings. The number of halogens is 3. The first-order chi connectivity index (χ1) is 15.1. The van der Waals surface area contributed by atoms with Crippen LogP contribution in [0.5, 0.6) is 0 Å². The number of rotatable bonds is 5. The largest absolute Gasteiger partial charge is 0.416 e. The molecule has 1 heterocycles. The van der Waals surface area contributed by atoms with E-state index in [1.807, 2.05) is 0 Å². The average Bonchev–Trinajstić information content (AvgIpc) is 3.44. The first-order valence-electron chi connectivity index (χ1n) is 10.0. The quantitative estimate of drug-likeness (QED) is 0.531. The fourth-order valence-electron chi connectivity index (χ4n) is 3.81. The lowest BCUT2D eigenvalue weighted by Crippen LogP contribution is -2.40. The van der Waals surface area contributed by atoms with Crippen molar-refractivity contribution in [2.75, 3.05) is 0 Å². The van der Waals surface area contributed by atoms with E-state index in [0.29, 0.717) is 17.5 Å². The van der Waals surface area contributed by atoms with Crippen molar-refractivity contribution >= 4 is 18.0 Å². The van der Waals surface area contributed by atoms with E-state index < -0.39 is 35.2 Å². The highest BCUT2D eigenvalue weighted by Gasteiger charge is 2.43. The van der Waals surface area contributed by atoms with Crippen LogP contribution < -0.4 is 21.3 Å². The zero-order valence-electron chi connectivity index (χ0n) is 17.0. The molecule has 1 saturated heterocycles. The van der Waals surface area contributed by atoms with E-state index in [1.54, 1.807) is 37.3 Å². The van der Waals surface area contributed by atoms with Crippen LogP contribution in [0.4, 0.5) is 22.8 Å². The molecule has 5 amide bonds. The smallest absolute Gasteiger partial charge is 0.335 e. The first kappa shape index (κ1) is 21.7. The summed E-state index contributed by atoms with van der Waals surface area (Å²) >= 11 is 0. The van der Waals surface area contributed by atoms with Crippen LogP contribution in [0, 0.1) is 0 Å². The van der Waals surface area contributed by atoms with Gasteiger partial charge in [-0.2, -0.15) is 13.2 Å². The normalized spacial score (nSPS) is 24.5. The monoisotopic (exact) mass is 446 g/mol. The average molecular weight is 446 g/mol. The van der Waals surface area contributed by atoms with E-state index in [4.69, 9.17) is 0 Å². The Balaban J connectivity index is 1.32. The molecule has 168 valence electrons. The van der Waals surface area contributed by atoms with Crippen LogP contribution in [0.1, 0.15) is 41.5 Å². The van der Waals surface area contributed by atoms with Crippen molar-refractivity contribution in [3.63, 3.8) is 0 Å². The number of hydrogen-bond acceptors (Lipinski definition) is 3. The van der Waals surface area contributed by atoms with Gasteiger partial charge in [0.25, 0.3) is 5.91 Å². The van der Waals surface area contributed by atoms with E-state index in [0.717, 1.165) is 17.7 Å². The number of carbonyl (C=O) groups is 3. The second-order valence-corrected chi connectivity index (χ2v) is 8.13. The van der Waals surface area contributed by atoms with Crippen LogP contribution in [0.3, 0.4) is 0 Å². The lowest BCUT2D eigenvalue weighted by Gasteiger charge is -2.21. The molecule has 0 bridgehead atoms. The van der Waals surface area contributed by atoms with Gasteiger partial charge in [-0.25, -0.2) is 9.59 Å². The summed E-state index contributed by atoms with van der Waals surface area (Å²) in [5.74, 6) is -0.615. The number of hydrogen-bond donors (Lipinski definition) is 4.